The predicted molar refractivity (Wildman–Crippen MR) is 92.7 cm³/mol. The summed E-state index contributed by atoms with van der Waals surface area (Å²) in [5, 5.41) is 11.9. The number of carboxylic acids is 1. The van der Waals surface area contributed by atoms with Crippen molar-refractivity contribution < 1.29 is 27.8 Å². The zero-order valence-electron chi connectivity index (χ0n) is 14.8. The fourth-order valence-electron chi connectivity index (χ4n) is 3.32. The first-order chi connectivity index (χ1) is 11.7. The van der Waals surface area contributed by atoms with E-state index >= 15 is 0 Å². The minimum Gasteiger partial charge on any atom is -0.497 e. The minimum absolute atomic E-state index is 0.202. The number of carboxylic acid groups (broad SMARTS) is 1. The Balaban J connectivity index is 2.47. The van der Waals surface area contributed by atoms with E-state index < -0.39 is 27.3 Å². The summed E-state index contributed by atoms with van der Waals surface area (Å²) in [6, 6.07) is 3.38. The smallest absolute Gasteiger partial charge is 0.329 e. The van der Waals surface area contributed by atoms with Gasteiger partial charge in [-0.3, -0.25) is 5.32 Å². The molecule has 1 fully saturated rings. The van der Waals surface area contributed by atoms with Gasteiger partial charge in [0.25, 0.3) is 0 Å². The highest BCUT2D eigenvalue weighted by molar-refractivity contribution is 7.93. The van der Waals surface area contributed by atoms with Gasteiger partial charge in [0, 0.05) is 0 Å². The third-order valence-corrected chi connectivity index (χ3v) is 7.14. The second-order valence-corrected chi connectivity index (χ2v) is 8.56. The topological polar surface area (TPSA) is 102 Å². The summed E-state index contributed by atoms with van der Waals surface area (Å²) in [6.07, 6.45) is 1.98. The number of ether oxygens (including phenoxy) is 2. The summed E-state index contributed by atoms with van der Waals surface area (Å²) in [4.78, 5) is 9.67. The maximum atomic E-state index is 13.5. The van der Waals surface area contributed by atoms with Crippen LogP contribution in [0.15, 0.2) is 17.0 Å². The Morgan fingerprint density at radius 1 is 1.28 bits per heavy atom. The number of nitrogens with one attached hydrogen (secondary N) is 1. The molecule has 0 aliphatic carbocycles. The summed E-state index contributed by atoms with van der Waals surface area (Å²) in [6.45, 7) is 3.28. The molecule has 7 nitrogen and oxygen atoms in total. The van der Waals surface area contributed by atoms with Gasteiger partial charge in [0.2, 0.25) is 0 Å². The van der Waals surface area contributed by atoms with Crippen molar-refractivity contribution in [3.05, 3.63) is 23.3 Å². The Morgan fingerprint density at radius 2 is 1.92 bits per heavy atom. The highest BCUT2D eigenvalue weighted by Crippen LogP contribution is 2.36. The number of hydrogen-bond acceptors (Lipinski definition) is 6. The quantitative estimate of drug-likeness (QED) is 0.751. The van der Waals surface area contributed by atoms with E-state index in [9.17, 15) is 13.2 Å². The van der Waals surface area contributed by atoms with Crippen LogP contribution in [0.25, 0.3) is 0 Å². The number of aryl methyl sites for hydroxylation is 2. The van der Waals surface area contributed by atoms with Crippen LogP contribution in [0, 0.1) is 13.8 Å². The van der Waals surface area contributed by atoms with Crippen LogP contribution in [0.3, 0.4) is 0 Å². The fourth-order valence-corrected chi connectivity index (χ4v) is 5.62. The lowest BCUT2D eigenvalue weighted by molar-refractivity contribution is -0.142. The lowest BCUT2D eigenvalue weighted by Crippen LogP contribution is -2.58. The molecule has 1 aromatic rings. The van der Waals surface area contributed by atoms with Crippen LogP contribution >= 0.6 is 0 Å². The van der Waals surface area contributed by atoms with E-state index in [-0.39, 0.29) is 11.5 Å². The van der Waals surface area contributed by atoms with Gasteiger partial charge in [-0.2, -0.15) is 0 Å². The molecule has 1 atom stereocenters. The number of aliphatic carboxylic acids is 1. The van der Waals surface area contributed by atoms with Crippen molar-refractivity contribution in [2.24, 2.45) is 0 Å². The summed E-state index contributed by atoms with van der Waals surface area (Å²) in [7, 11) is -2.26. The molecular weight excluding hydrogens is 346 g/mol. The van der Waals surface area contributed by atoms with Crippen molar-refractivity contribution in [2.45, 2.75) is 42.9 Å². The van der Waals surface area contributed by atoms with Crippen LogP contribution in [-0.4, -0.2) is 51.2 Å². The van der Waals surface area contributed by atoms with Gasteiger partial charge in [-0.25, -0.2) is 13.2 Å². The molecule has 1 aromatic carbocycles. The molecule has 1 aliphatic rings. The Morgan fingerprint density at radius 3 is 2.40 bits per heavy atom. The average Bonchev–Trinajstić information content (AvgIpc) is 2.54. The van der Waals surface area contributed by atoms with E-state index in [0.717, 1.165) is 12.8 Å². The molecule has 2 N–H and O–H groups in total. The van der Waals surface area contributed by atoms with Crippen molar-refractivity contribution in [2.75, 3.05) is 26.9 Å². The van der Waals surface area contributed by atoms with E-state index in [1.165, 1.54) is 7.11 Å². The first-order valence-corrected chi connectivity index (χ1v) is 9.66. The van der Waals surface area contributed by atoms with E-state index in [1.54, 1.807) is 26.0 Å². The van der Waals surface area contributed by atoms with Gasteiger partial charge in [-0.05, 0) is 62.9 Å². The monoisotopic (exact) mass is 371 g/mol. The summed E-state index contributed by atoms with van der Waals surface area (Å²) < 4.78 is 37.4. The Hall–Kier alpha value is -1.64. The second-order valence-electron chi connectivity index (χ2n) is 6.36. The maximum Gasteiger partial charge on any atom is 0.329 e. The number of methoxy groups -OCH3 is 1. The second kappa shape index (κ2) is 7.72. The Bertz CT molecular complexity index is 715. The molecule has 0 amide bonds. The van der Waals surface area contributed by atoms with Crippen LogP contribution in [0.2, 0.25) is 0 Å². The van der Waals surface area contributed by atoms with Gasteiger partial charge >= 0.3 is 5.97 Å². The van der Waals surface area contributed by atoms with E-state index in [2.05, 4.69) is 5.32 Å². The molecule has 0 radical (unpaired) electrons. The van der Waals surface area contributed by atoms with Gasteiger partial charge in [-0.1, -0.05) is 0 Å². The number of carbonyl (C=O) groups is 1. The largest absolute Gasteiger partial charge is 0.497 e. The van der Waals surface area contributed by atoms with Gasteiger partial charge in [-0.15, -0.1) is 0 Å². The number of benzene rings is 1. The third-order valence-electron chi connectivity index (χ3n) is 4.47. The molecule has 1 heterocycles. The lowest BCUT2D eigenvalue weighted by Gasteiger charge is -2.38. The molecule has 0 unspecified atom stereocenters. The molecule has 0 spiro atoms. The first-order valence-electron chi connectivity index (χ1n) is 8.18. The minimum atomic E-state index is -3.79. The fraction of sp³-hybridized carbons (Fsp3) is 0.588. The number of hydrogen-bond donors (Lipinski definition) is 2. The molecule has 1 aliphatic heterocycles. The molecule has 25 heavy (non-hydrogen) atoms. The molecule has 140 valence electrons. The van der Waals surface area contributed by atoms with Gasteiger partial charge in [0.05, 0.1) is 18.6 Å². The van der Waals surface area contributed by atoms with Crippen molar-refractivity contribution >= 4 is 15.8 Å². The predicted octanol–water partition coefficient (Wildman–Crippen LogP) is 1.66. The van der Waals surface area contributed by atoms with Gasteiger partial charge in [0.15, 0.2) is 9.84 Å². The standard InChI is InChI=1S/C17H25NO6S/c1-12-8-14(23-3)9-13(2)16(12)25(21,22)17(6-4-5-7-18-17)11-24-10-15(19)20/h8-9,18H,4-7,10-11H2,1-3H3,(H,19,20)/t17-/m0/s1. The first kappa shape index (κ1) is 19.7. The van der Waals surface area contributed by atoms with Crippen molar-refractivity contribution in [1.29, 1.82) is 0 Å². The Labute approximate surface area is 148 Å². The average molecular weight is 371 g/mol. The van der Waals surface area contributed by atoms with Crippen molar-refractivity contribution in [3.63, 3.8) is 0 Å². The van der Waals surface area contributed by atoms with Crippen LogP contribution in [0.5, 0.6) is 5.75 Å². The van der Waals surface area contributed by atoms with Crippen molar-refractivity contribution in [3.8, 4) is 5.75 Å². The van der Waals surface area contributed by atoms with E-state index in [0.29, 0.717) is 29.8 Å². The molecule has 0 aromatic heterocycles. The highest BCUT2D eigenvalue weighted by Gasteiger charge is 2.47. The third kappa shape index (κ3) is 3.96. The van der Waals surface area contributed by atoms with Crippen LogP contribution in [0.4, 0.5) is 0 Å². The molecule has 8 heteroatoms. The normalized spacial score (nSPS) is 21.1. The molecule has 0 saturated carbocycles. The highest BCUT2D eigenvalue weighted by atomic mass is 32.2. The number of piperidine rings is 1. The zero-order valence-corrected chi connectivity index (χ0v) is 15.6. The van der Waals surface area contributed by atoms with E-state index in [1.807, 2.05) is 0 Å². The Kier molecular flexibility index (Phi) is 6.08. The van der Waals surface area contributed by atoms with Gasteiger partial charge < -0.3 is 14.6 Å². The zero-order chi connectivity index (χ0) is 18.7. The summed E-state index contributed by atoms with van der Waals surface area (Å²) in [5.41, 5.74) is 1.20. The molecular formula is C17H25NO6S. The summed E-state index contributed by atoms with van der Waals surface area (Å²) >= 11 is 0. The molecule has 1 saturated heterocycles. The SMILES string of the molecule is COc1cc(C)c(S(=O)(=O)[C@]2(COCC(=O)O)CCCCN2)c(C)c1. The summed E-state index contributed by atoms with van der Waals surface area (Å²) in [5.74, 6) is -0.526. The van der Waals surface area contributed by atoms with E-state index in [4.69, 9.17) is 14.6 Å². The maximum absolute atomic E-state index is 13.5. The molecule has 2 rings (SSSR count). The van der Waals surface area contributed by atoms with Crippen molar-refractivity contribution in [1.82, 2.24) is 5.32 Å². The van der Waals surface area contributed by atoms with Crippen LogP contribution in [-0.2, 0) is 19.4 Å². The number of rotatable bonds is 7. The lowest BCUT2D eigenvalue weighted by atomic mass is 10.1. The van der Waals surface area contributed by atoms with Gasteiger partial charge in [0.1, 0.15) is 17.2 Å². The number of sulfone groups is 1. The van der Waals surface area contributed by atoms with Crippen LogP contribution in [0.1, 0.15) is 30.4 Å². The molecule has 0 bridgehead atoms. The van der Waals surface area contributed by atoms with Crippen LogP contribution < -0.4 is 10.1 Å².